The molecule has 2 aromatic heterocycles. The number of nitrogens with zero attached hydrogens (tertiary/aromatic N) is 3. The van der Waals surface area contributed by atoms with Crippen LogP contribution in [0, 0.1) is 0 Å². The van der Waals surface area contributed by atoms with Crippen LogP contribution in [0.5, 0.6) is 0 Å². The number of aliphatic carboxylic acids is 1. The van der Waals surface area contributed by atoms with Crippen molar-refractivity contribution < 1.29 is 38.4 Å². The van der Waals surface area contributed by atoms with E-state index in [1.165, 1.54) is 6.08 Å². The maximum Gasteiger partial charge on any atom is 0.372 e. The number of primary amides is 1. The van der Waals surface area contributed by atoms with Gasteiger partial charge in [-0.15, -0.1) is 0 Å². The molecule has 0 fully saturated rings. The van der Waals surface area contributed by atoms with Gasteiger partial charge < -0.3 is 26.2 Å². The van der Waals surface area contributed by atoms with Crippen molar-refractivity contribution in [2.45, 2.75) is 25.9 Å². The standard InChI is InChI=1S/C32H30N6O7/c1-2-45-28(40)20-37-15-9-12-22(18-37)29-23(19-38(36-29)24-13-7-4-8-14-24)16-25(34-30(41)21-10-5-3-6-11-21)31(42)35-26(32(43)44)17-27(33)39/h3-16,18-19,26H,2,17,20H2,1H3,(H4-,33,34,35,39,41,42,43,44)/p+1. The summed E-state index contributed by atoms with van der Waals surface area (Å²) >= 11 is 0. The van der Waals surface area contributed by atoms with Crippen LogP contribution in [0.25, 0.3) is 23.0 Å². The molecule has 1 atom stereocenters. The smallest absolute Gasteiger partial charge is 0.372 e. The first-order valence-corrected chi connectivity index (χ1v) is 13.8. The van der Waals surface area contributed by atoms with Gasteiger partial charge in [0.05, 0.1) is 24.3 Å². The highest BCUT2D eigenvalue weighted by atomic mass is 16.5. The van der Waals surface area contributed by atoms with E-state index in [2.05, 4.69) is 10.6 Å². The highest BCUT2D eigenvalue weighted by Gasteiger charge is 2.26. The predicted molar refractivity (Wildman–Crippen MR) is 161 cm³/mol. The zero-order valence-corrected chi connectivity index (χ0v) is 24.3. The van der Waals surface area contributed by atoms with Gasteiger partial charge in [0.2, 0.25) is 12.5 Å². The molecule has 0 aliphatic rings. The number of amides is 3. The molecule has 230 valence electrons. The number of nitrogens with two attached hydrogens (primary N) is 1. The molecule has 0 saturated carbocycles. The molecule has 4 rings (SSSR count). The average Bonchev–Trinajstić information content (AvgIpc) is 3.45. The molecule has 5 N–H and O–H groups in total. The number of rotatable bonds is 13. The van der Waals surface area contributed by atoms with Gasteiger partial charge in [-0.25, -0.2) is 14.3 Å². The Morgan fingerprint density at radius 2 is 1.71 bits per heavy atom. The summed E-state index contributed by atoms with van der Waals surface area (Å²) < 4.78 is 8.25. The summed E-state index contributed by atoms with van der Waals surface area (Å²) in [6.07, 6.45) is 5.69. The van der Waals surface area contributed by atoms with Gasteiger partial charge in [0.15, 0.2) is 12.4 Å². The lowest BCUT2D eigenvalue weighted by Crippen LogP contribution is -2.46. The van der Waals surface area contributed by atoms with Crippen molar-refractivity contribution in [3.8, 4) is 16.9 Å². The summed E-state index contributed by atoms with van der Waals surface area (Å²) in [5, 5.41) is 19.1. The van der Waals surface area contributed by atoms with Crippen LogP contribution in [0.1, 0.15) is 29.3 Å². The molecular formula is C32H31N6O7+. The van der Waals surface area contributed by atoms with Gasteiger partial charge in [-0.05, 0) is 43.3 Å². The number of nitrogens with one attached hydrogen (secondary N) is 2. The molecule has 2 heterocycles. The van der Waals surface area contributed by atoms with Crippen molar-refractivity contribution in [1.29, 1.82) is 0 Å². The molecule has 0 radical (unpaired) electrons. The topological polar surface area (TPSA) is 187 Å². The minimum atomic E-state index is -1.64. The normalized spacial score (nSPS) is 11.7. The number of hydrogen-bond acceptors (Lipinski definition) is 7. The van der Waals surface area contributed by atoms with E-state index in [4.69, 9.17) is 15.6 Å². The lowest BCUT2D eigenvalue weighted by Gasteiger charge is -2.15. The summed E-state index contributed by atoms with van der Waals surface area (Å²) in [6.45, 7) is 1.89. The molecule has 0 aliphatic heterocycles. The van der Waals surface area contributed by atoms with E-state index in [0.29, 0.717) is 22.5 Å². The number of esters is 1. The third kappa shape index (κ3) is 8.70. The maximum atomic E-state index is 13.5. The number of carboxylic acid groups (broad SMARTS) is 1. The average molecular weight is 612 g/mol. The van der Waals surface area contributed by atoms with E-state index < -0.39 is 42.1 Å². The van der Waals surface area contributed by atoms with Gasteiger partial charge >= 0.3 is 11.9 Å². The van der Waals surface area contributed by atoms with Crippen LogP contribution in [0.2, 0.25) is 0 Å². The number of carbonyl (C=O) groups excluding carboxylic acids is 4. The Hall–Kier alpha value is -6.11. The van der Waals surface area contributed by atoms with Crippen LogP contribution < -0.4 is 20.9 Å². The maximum absolute atomic E-state index is 13.5. The van der Waals surface area contributed by atoms with E-state index in [1.54, 1.807) is 77.2 Å². The van der Waals surface area contributed by atoms with Gasteiger partial charge in [-0.2, -0.15) is 9.67 Å². The molecule has 13 nitrogen and oxygen atoms in total. The number of benzene rings is 2. The van der Waals surface area contributed by atoms with Gasteiger partial charge in [0.25, 0.3) is 11.8 Å². The summed E-state index contributed by atoms with van der Waals surface area (Å²) in [7, 11) is 0. The van der Waals surface area contributed by atoms with Crippen molar-refractivity contribution in [3.05, 3.63) is 108 Å². The number of carboxylic acids is 1. The second-order valence-corrected chi connectivity index (χ2v) is 9.70. The molecular weight excluding hydrogens is 580 g/mol. The first-order valence-electron chi connectivity index (χ1n) is 13.8. The van der Waals surface area contributed by atoms with Crippen LogP contribution in [-0.4, -0.2) is 57.2 Å². The largest absolute Gasteiger partial charge is 0.480 e. The highest BCUT2D eigenvalue weighted by Crippen LogP contribution is 2.25. The Labute approximate surface area is 257 Å². The Bertz CT molecular complexity index is 1740. The summed E-state index contributed by atoms with van der Waals surface area (Å²) in [4.78, 5) is 62.0. The van der Waals surface area contributed by atoms with Gasteiger partial charge in [-0.3, -0.25) is 14.4 Å². The van der Waals surface area contributed by atoms with Crippen molar-refractivity contribution in [1.82, 2.24) is 20.4 Å². The third-order valence-corrected chi connectivity index (χ3v) is 6.35. The molecule has 2 aromatic carbocycles. The van der Waals surface area contributed by atoms with Crippen molar-refractivity contribution >= 4 is 35.7 Å². The summed E-state index contributed by atoms with van der Waals surface area (Å²) in [6, 6.07) is 19.1. The number of para-hydroxylation sites is 1. The number of carbonyl (C=O) groups is 5. The molecule has 1 unspecified atom stereocenters. The molecule has 0 spiro atoms. The van der Waals surface area contributed by atoms with Crippen molar-refractivity contribution in [3.63, 3.8) is 0 Å². The van der Waals surface area contributed by atoms with E-state index in [-0.39, 0.29) is 24.4 Å². The molecule has 13 heteroatoms. The van der Waals surface area contributed by atoms with Crippen LogP contribution in [0.3, 0.4) is 0 Å². The second kappa shape index (κ2) is 14.9. The summed E-state index contributed by atoms with van der Waals surface area (Å²) in [5.41, 5.74) is 7.12. The van der Waals surface area contributed by atoms with E-state index in [0.717, 1.165) is 0 Å². The number of pyridine rings is 1. The molecule has 0 aliphatic carbocycles. The Balaban J connectivity index is 1.82. The molecule has 45 heavy (non-hydrogen) atoms. The Morgan fingerprint density at radius 1 is 1.02 bits per heavy atom. The van der Waals surface area contributed by atoms with E-state index in [1.807, 2.05) is 30.3 Å². The number of ether oxygens (including phenoxy) is 1. The van der Waals surface area contributed by atoms with Crippen LogP contribution in [0.15, 0.2) is 97.1 Å². The zero-order valence-electron chi connectivity index (χ0n) is 24.3. The first kappa shape index (κ1) is 31.8. The molecule has 0 bridgehead atoms. The zero-order chi connectivity index (χ0) is 32.3. The molecule has 0 saturated heterocycles. The first-order chi connectivity index (χ1) is 21.6. The molecule has 3 amide bonds. The van der Waals surface area contributed by atoms with Gasteiger partial charge in [-0.1, -0.05) is 36.4 Å². The van der Waals surface area contributed by atoms with Crippen molar-refractivity contribution in [2.24, 2.45) is 5.73 Å². The van der Waals surface area contributed by atoms with Crippen molar-refractivity contribution in [2.75, 3.05) is 6.61 Å². The lowest BCUT2D eigenvalue weighted by atomic mass is 10.1. The Kier molecular flexibility index (Phi) is 10.5. The lowest BCUT2D eigenvalue weighted by molar-refractivity contribution is -0.685. The fourth-order valence-corrected chi connectivity index (χ4v) is 4.28. The minimum absolute atomic E-state index is 0.0521. The number of aromatic nitrogens is 3. The fraction of sp³-hybridized carbons (Fsp3) is 0.156. The fourth-order valence-electron chi connectivity index (χ4n) is 4.28. The van der Waals surface area contributed by atoms with E-state index >= 15 is 0 Å². The minimum Gasteiger partial charge on any atom is -0.480 e. The number of hydrogen-bond donors (Lipinski definition) is 4. The van der Waals surface area contributed by atoms with Gasteiger partial charge in [0, 0.05) is 23.4 Å². The SMILES string of the molecule is CCOC(=O)C[n+]1cccc(-c2nn(-c3ccccc3)cc2C=C(NC(=O)c2ccccc2)C(=O)NC(CC(N)=O)C(=O)O)c1. The highest BCUT2D eigenvalue weighted by molar-refractivity contribution is 6.06. The predicted octanol–water partition coefficient (Wildman–Crippen LogP) is 1.61. The Morgan fingerprint density at radius 3 is 2.36 bits per heavy atom. The monoisotopic (exact) mass is 611 g/mol. The molecule has 4 aromatic rings. The van der Waals surface area contributed by atoms with E-state index in [9.17, 15) is 29.1 Å². The van der Waals surface area contributed by atoms with Crippen LogP contribution in [0.4, 0.5) is 0 Å². The van der Waals surface area contributed by atoms with Gasteiger partial charge in [0.1, 0.15) is 17.4 Å². The quantitative estimate of drug-likeness (QED) is 0.0997. The van der Waals surface area contributed by atoms with Crippen LogP contribution >= 0.6 is 0 Å². The second-order valence-electron chi connectivity index (χ2n) is 9.70. The third-order valence-electron chi connectivity index (χ3n) is 6.35. The van der Waals surface area contributed by atoms with Crippen LogP contribution in [-0.2, 0) is 30.5 Å². The summed E-state index contributed by atoms with van der Waals surface area (Å²) in [5.74, 6) is -4.46.